The smallest absolute Gasteiger partial charge is 0.225 e. The Kier molecular flexibility index (Phi) is 5.91. The summed E-state index contributed by atoms with van der Waals surface area (Å²) in [5.41, 5.74) is 3.06. The zero-order valence-corrected chi connectivity index (χ0v) is 15.9. The first-order valence-corrected chi connectivity index (χ1v) is 9.06. The van der Waals surface area contributed by atoms with E-state index in [2.05, 4.69) is 10.4 Å². The Morgan fingerprint density at radius 1 is 1.11 bits per heavy atom. The number of hydrogen-bond acceptors (Lipinski definition) is 3. The molecule has 2 atom stereocenters. The van der Waals surface area contributed by atoms with Crippen LogP contribution in [0.1, 0.15) is 29.8 Å². The van der Waals surface area contributed by atoms with Crippen molar-refractivity contribution in [2.45, 2.75) is 26.4 Å². The second-order valence-electron chi connectivity index (χ2n) is 6.68. The minimum atomic E-state index is -0.241. The lowest BCUT2D eigenvalue weighted by atomic mass is 9.97. The first-order valence-electron chi connectivity index (χ1n) is 9.06. The second-order valence-corrected chi connectivity index (χ2v) is 6.68. The maximum atomic E-state index is 12.9. The van der Waals surface area contributed by atoms with E-state index >= 15 is 0 Å². The molecule has 2 aromatic carbocycles. The second kappa shape index (κ2) is 8.54. The van der Waals surface area contributed by atoms with Crippen LogP contribution in [0.3, 0.4) is 0 Å². The lowest BCUT2D eigenvalue weighted by Gasteiger charge is -2.23. The van der Waals surface area contributed by atoms with Gasteiger partial charge in [-0.15, -0.1) is 0 Å². The number of ether oxygens (including phenoxy) is 1. The molecule has 1 N–H and O–H groups in total. The molecule has 0 spiro atoms. The van der Waals surface area contributed by atoms with Crippen molar-refractivity contribution >= 4 is 5.91 Å². The Morgan fingerprint density at radius 2 is 1.85 bits per heavy atom. The van der Waals surface area contributed by atoms with Crippen molar-refractivity contribution in [3.63, 3.8) is 0 Å². The van der Waals surface area contributed by atoms with E-state index in [-0.39, 0.29) is 17.9 Å². The van der Waals surface area contributed by atoms with E-state index in [0.717, 1.165) is 22.6 Å². The van der Waals surface area contributed by atoms with E-state index in [0.29, 0.717) is 6.54 Å². The highest BCUT2D eigenvalue weighted by atomic mass is 16.5. The van der Waals surface area contributed by atoms with Crippen LogP contribution in [0.5, 0.6) is 5.75 Å². The van der Waals surface area contributed by atoms with Gasteiger partial charge >= 0.3 is 0 Å². The molecule has 1 heterocycles. The van der Waals surface area contributed by atoms with Gasteiger partial charge in [0, 0.05) is 11.9 Å². The topological polar surface area (TPSA) is 56.1 Å². The average Bonchev–Trinajstić information content (AvgIpc) is 3.11. The highest BCUT2D eigenvalue weighted by molar-refractivity contribution is 5.79. The normalized spacial score (nSPS) is 13.0. The maximum Gasteiger partial charge on any atom is 0.225 e. The lowest BCUT2D eigenvalue weighted by molar-refractivity contribution is -0.125. The molecule has 0 radical (unpaired) electrons. The van der Waals surface area contributed by atoms with Crippen molar-refractivity contribution in [1.82, 2.24) is 15.1 Å². The van der Waals surface area contributed by atoms with Crippen molar-refractivity contribution < 1.29 is 9.53 Å². The summed E-state index contributed by atoms with van der Waals surface area (Å²) < 4.78 is 7.21. The predicted octanol–water partition coefficient (Wildman–Crippen LogP) is 3.74. The molecule has 0 saturated heterocycles. The average molecular weight is 363 g/mol. The molecule has 3 rings (SSSR count). The summed E-state index contributed by atoms with van der Waals surface area (Å²) in [6, 6.07) is 19.5. The fraction of sp³-hybridized carbons (Fsp3) is 0.273. The number of methoxy groups -OCH3 is 1. The molecule has 140 valence electrons. The van der Waals surface area contributed by atoms with Gasteiger partial charge in [-0.25, -0.2) is 0 Å². The molecule has 2 unspecified atom stereocenters. The fourth-order valence-corrected chi connectivity index (χ4v) is 3.04. The van der Waals surface area contributed by atoms with Crippen LogP contribution in [0.25, 0.3) is 0 Å². The number of aromatic nitrogens is 2. The SMILES string of the molecule is COc1cccc(C(NC(=O)C(C)Cn2nccc2C)c2ccccc2)c1. The van der Waals surface area contributed by atoms with Gasteiger partial charge in [0.15, 0.2) is 0 Å². The number of carbonyl (C=O) groups is 1. The molecule has 0 aliphatic rings. The van der Waals surface area contributed by atoms with Crippen molar-refractivity contribution in [2.24, 2.45) is 5.92 Å². The largest absolute Gasteiger partial charge is 0.497 e. The van der Waals surface area contributed by atoms with Gasteiger partial charge in [-0.05, 0) is 36.2 Å². The molecule has 0 aliphatic carbocycles. The summed E-state index contributed by atoms with van der Waals surface area (Å²) in [6.07, 6.45) is 1.75. The van der Waals surface area contributed by atoms with Gasteiger partial charge in [-0.2, -0.15) is 5.10 Å². The summed E-state index contributed by atoms with van der Waals surface area (Å²) in [7, 11) is 1.64. The Balaban J connectivity index is 1.82. The monoisotopic (exact) mass is 363 g/mol. The van der Waals surface area contributed by atoms with Crippen molar-refractivity contribution in [3.05, 3.63) is 83.7 Å². The first-order chi connectivity index (χ1) is 13.1. The van der Waals surface area contributed by atoms with Gasteiger partial charge in [0.2, 0.25) is 5.91 Å². The third kappa shape index (κ3) is 4.56. The van der Waals surface area contributed by atoms with Gasteiger partial charge in [0.05, 0.1) is 25.6 Å². The maximum absolute atomic E-state index is 12.9. The summed E-state index contributed by atoms with van der Waals surface area (Å²) >= 11 is 0. The van der Waals surface area contributed by atoms with E-state index < -0.39 is 0 Å². The number of rotatable bonds is 7. The van der Waals surface area contributed by atoms with E-state index in [4.69, 9.17) is 4.74 Å². The number of aryl methyl sites for hydroxylation is 1. The van der Waals surface area contributed by atoms with Crippen LogP contribution in [-0.2, 0) is 11.3 Å². The lowest BCUT2D eigenvalue weighted by Crippen LogP contribution is -2.35. The molecule has 0 fully saturated rings. The quantitative estimate of drug-likeness (QED) is 0.696. The zero-order chi connectivity index (χ0) is 19.2. The van der Waals surface area contributed by atoms with Crippen molar-refractivity contribution in [1.29, 1.82) is 0 Å². The number of nitrogens with zero attached hydrogens (tertiary/aromatic N) is 2. The molecular formula is C22H25N3O2. The first kappa shape index (κ1) is 18.7. The minimum Gasteiger partial charge on any atom is -0.497 e. The molecule has 27 heavy (non-hydrogen) atoms. The van der Waals surface area contributed by atoms with Crippen molar-refractivity contribution in [2.75, 3.05) is 7.11 Å². The molecular weight excluding hydrogens is 338 g/mol. The van der Waals surface area contributed by atoms with Crippen LogP contribution in [0, 0.1) is 12.8 Å². The van der Waals surface area contributed by atoms with Crippen LogP contribution >= 0.6 is 0 Å². The van der Waals surface area contributed by atoms with Gasteiger partial charge < -0.3 is 10.1 Å². The summed E-state index contributed by atoms with van der Waals surface area (Å²) in [4.78, 5) is 12.9. The zero-order valence-electron chi connectivity index (χ0n) is 15.9. The molecule has 0 bridgehead atoms. The number of benzene rings is 2. The van der Waals surface area contributed by atoms with E-state index in [1.165, 1.54) is 0 Å². The molecule has 0 aliphatic heterocycles. The Hall–Kier alpha value is -3.08. The minimum absolute atomic E-state index is 0.0124. The third-order valence-corrected chi connectivity index (χ3v) is 4.67. The van der Waals surface area contributed by atoms with Crippen LogP contribution < -0.4 is 10.1 Å². The highest BCUT2D eigenvalue weighted by Crippen LogP contribution is 2.25. The van der Waals surface area contributed by atoms with Gasteiger partial charge in [-0.1, -0.05) is 49.4 Å². The Labute approximate surface area is 160 Å². The van der Waals surface area contributed by atoms with Gasteiger partial charge in [0.25, 0.3) is 0 Å². The molecule has 5 nitrogen and oxygen atoms in total. The van der Waals surface area contributed by atoms with Crippen LogP contribution in [0.4, 0.5) is 0 Å². The third-order valence-electron chi connectivity index (χ3n) is 4.67. The van der Waals surface area contributed by atoms with E-state index in [1.54, 1.807) is 13.3 Å². The highest BCUT2D eigenvalue weighted by Gasteiger charge is 2.21. The number of nitrogens with one attached hydrogen (secondary N) is 1. The Morgan fingerprint density at radius 3 is 2.52 bits per heavy atom. The standard InChI is InChI=1S/C22H25N3O2/c1-16(15-25-17(2)12-13-23-25)22(26)24-21(18-8-5-4-6-9-18)19-10-7-11-20(14-19)27-3/h4-14,16,21H,15H2,1-3H3,(H,24,26). The predicted molar refractivity (Wildman–Crippen MR) is 106 cm³/mol. The van der Waals surface area contributed by atoms with Crippen LogP contribution in [-0.4, -0.2) is 22.8 Å². The number of carbonyl (C=O) groups excluding carboxylic acids is 1. The van der Waals surface area contributed by atoms with Crippen LogP contribution in [0.15, 0.2) is 66.9 Å². The Bertz CT molecular complexity index is 889. The van der Waals surface area contributed by atoms with Crippen molar-refractivity contribution in [3.8, 4) is 5.75 Å². The van der Waals surface area contributed by atoms with Gasteiger partial charge in [-0.3, -0.25) is 9.48 Å². The molecule has 5 heteroatoms. The summed E-state index contributed by atoms with van der Waals surface area (Å²) in [6.45, 7) is 4.45. The van der Waals surface area contributed by atoms with E-state index in [9.17, 15) is 4.79 Å². The molecule has 1 aromatic heterocycles. The van der Waals surface area contributed by atoms with E-state index in [1.807, 2.05) is 79.2 Å². The number of hydrogen-bond donors (Lipinski definition) is 1. The molecule has 3 aromatic rings. The van der Waals surface area contributed by atoms with Crippen LogP contribution in [0.2, 0.25) is 0 Å². The molecule has 0 saturated carbocycles. The number of amides is 1. The summed E-state index contributed by atoms with van der Waals surface area (Å²) in [5, 5.41) is 7.47. The molecule has 1 amide bonds. The fourth-order valence-electron chi connectivity index (χ4n) is 3.04. The summed E-state index contributed by atoms with van der Waals surface area (Å²) in [5.74, 6) is 0.546. The van der Waals surface area contributed by atoms with Gasteiger partial charge in [0.1, 0.15) is 5.75 Å².